The normalized spacial score (nSPS) is 11.1. The number of nitrogens with zero attached hydrogens (tertiary/aromatic N) is 1. The molecular formula is C19H14F3NO. The Balaban J connectivity index is 2.05. The number of ether oxygens (including phenoxy) is 1. The van der Waals surface area contributed by atoms with E-state index in [2.05, 4.69) is 4.74 Å². The second-order valence-corrected chi connectivity index (χ2v) is 5.05. The van der Waals surface area contributed by atoms with Gasteiger partial charge in [-0.1, -0.05) is 42.5 Å². The van der Waals surface area contributed by atoms with Gasteiger partial charge in [0.25, 0.3) is 0 Å². The molecule has 3 aromatic carbocycles. The van der Waals surface area contributed by atoms with E-state index in [1.54, 1.807) is 6.07 Å². The largest absolute Gasteiger partial charge is 0.573 e. The Morgan fingerprint density at radius 3 is 1.62 bits per heavy atom. The van der Waals surface area contributed by atoms with E-state index in [-0.39, 0.29) is 5.75 Å². The van der Waals surface area contributed by atoms with Gasteiger partial charge in [0.05, 0.1) is 0 Å². The van der Waals surface area contributed by atoms with Crippen LogP contribution in [0.5, 0.6) is 5.75 Å². The lowest BCUT2D eigenvalue weighted by Crippen LogP contribution is -2.17. The average molecular weight is 329 g/mol. The minimum absolute atomic E-state index is 0.253. The van der Waals surface area contributed by atoms with Gasteiger partial charge < -0.3 is 9.64 Å². The Bertz CT molecular complexity index is 749. The van der Waals surface area contributed by atoms with E-state index in [0.717, 1.165) is 11.4 Å². The molecule has 24 heavy (non-hydrogen) atoms. The summed E-state index contributed by atoms with van der Waals surface area (Å²) in [5, 5.41) is 0. The maximum atomic E-state index is 12.5. The summed E-state index contributed by atoms with van der Waals surface area (Å²) in [6, 6.07) is 24.8. The van der Waals surface area contributed by atoms with Gasteiger partial charge in [0, 0.05) is 23.1 Å². The Hall–Kier alpha value is -2.95. The molecule has 0 radical (unpaired) electrons. The van der Waals surface area contributed by atoms with Crippen molar-refractivity contribution in [3.8, 4) is 5.75 Å². The molecule has 0 aliphatic heterocycles. The Labute approximate surface area is 137 Å². The van der Waals surface area contributed by atoms with Crippen LogP contribution in [0.3, 0.4) is 0 Å². The molecule has 0 saturated heterocycles. The summed E-state index contributed by atoms with van der Waals surface area (Å²) in [6.07, 6.45) is -4.72. The molecule has 0 saturated carbocycles. The Morgan fingerprint density at radius 2 is 1.12 bits per heavy atom. The first-order chi connectivity index (χ1) is 11.5. The number of benzene rings is 3. The van der Waals surface area contributed by atoms with E-state index in [9.17, 15) is 13.2 Å². The highest BCUT2D eigenvalue weighted by Crippen LogP contribution is 2.36. The van der Waals surface area contributed by atoms with Crippen LogP contribution in [0.2, 0.25) is 0 Å². The monoisotopic (exact) mass is 329 g/mol. The van der Waals surface area contributed by atoms with Crippen molar-refractivity contribution in [3.63, 3.8) is 0 Å². The molecule has 0 aromatic heterocycles. The summed E-state index contributed by atoms with van der Waals surface area (Å²) < 4.78 is 41.5. The number of rotatable bonds is 4. The lowest BCUT2D eigenvalue weighted by atomic mass is 10.2. The van der Waals surface area contributed by atoms with Crippen LogP contribution in [0.15, 0.2) is 84.9 Å². The summed E-state index contributed by atoms with van der Waals surface area (Å²) in [7, 11) is 0. The SMILES string of the molecule is FC(F)(F)Oc1cccc(N(c2ccccc2)c2ccccc2)c1. The van der Waals surface area contributed by atoms with Gasteiger partial charge in [0.2, 0.25) is 0 Å². The maximum Gasteiger partial charge on any atom is 0.573 e. The Morgan fingerprint density at radius 1 is 0.625 bits per heavy atom. The summed E-state index contributed by atoms with van der Waals surface area (Å²) >= 11 is 0. The molecule has 0 fully saturated rings. The highest BCUT2D eigenvalue weighted by Gasteiger charge is 2.31. The van der Waals surface area contributed by atoms with Gasteiger partial charge in [-0.3, -0.25) is 0 Å². The quantitative estimate of drug-likeness (QED) is 0.577. The molecule has 122 valence electrons. The van der Waals surface area contributed by atoms with Crippen LogP contribution in [0, 0.1) is 0 Å². The summed E-state index contributed by atoms with van der Waals surface area (Å²) in [6.45, 7) is 0. The zero-order valence-corrected chi connectivity index (χ0v) is 12.6. The van der Waals surface area contributed by atoms with Gasteiger partial charge >= 0.3 is 6.36 Å². The van der Waals surface area contributed by atoms with E-state index >= 15 is 0 Å². The van der Waals surface area contributed by atoms with E-state index < -0.39 is 6.36 Å². The highest BCUT2D eigenvalue weighted by molar-refractivity contribution is 5.76. The fourth-order valence-corrected chi connectivity index (χ4v) is 2.42. The number of halogens is 3. The van der Waals surface area contributed by atoms with E-state index in [1.165, 1.54) is 18.2 Å². The van der Waals surface area contributed by atoms with Crippen molar-refractivity contribution < 1.29 is 17.9 Å². The van der Waals surface area contributed by atoms with E-state index in [4.69, 9.17) is 0 Å². The van der Waals surface area contributed by atoms with Crippen LogP contribution in [0.4, 0.5) is 30.2 Å². The van der Waals surface area contributed by atoms with Crippen LogP contribution >= 0.6 is 0 Å². The fraction of sp³-hybridized carbons (Fsp3) is 0.0526. The third-order valence-electron chi connectivity index (χ3n) is 3.34. The molecule has 0 bridgehead atoms. The molecule has 0 atom stereocenters. The number of para-hydroxylation sites is 2. The number of hydrogen-bond donors (Lipinski definition) is 0. The predicted molar refractivity (Wildman–Crippen MR) is 87.8 cm³/mol. The van der Waals surface area contributed by atoms with Gasteiger partial charge in [-0.25, -0.2) is 0 Å². The van der Waals surface area contributed by atoms with Gasteiger partial charge in [-0.05, 0) is 36.4 Å². The number of alkyl halides is 3. The van der Waals surface area contributed by atoms with Crippen molar-refractivity contribution in [1.82, 2.24) is 0 Å². The minimum Gasteiger partial charge on any atom is -0.406 e. The van der Waals surface area contributed by atoms with E-state index in [0.29, 0.717) is 5.69 Å². The molecule has 0 aliphatic rings. The van der Waals surface area contributed by atoms with Gasteiger partial charge in [-0.15, -0.1) is 13.2 Å². The maximum absolute atomic E-state index is 12.5. The van der Waals surface area contributed by atoms with Crippen LogP contribution in [-0.2, 0) is 0 Å². The van der Waals surface area contributed by atoms with Crippen molar-refractivity contribution in [2.75, 3.05) is 4.90 Å². The van der Waals surface area contributed by atoms with Gasteiger partial charge in [-0.2, -0.15) is 0 Å². The molecule has 0 heterocycles. The molecule has 0 N–H and O–H groups in total. The molecule has 3 rings (SSSR count). The second-order valence-electron chi connectivity index (χ2n) is 5.05. The van der Waals surface area contributed by atoms with Crippen molar-refractivity contribution in [2.24, 2.45) is 0 Å². The average Bonchev–Trinajstić information content (AvgIpc) is 2.56. The zero-order valence-electron chi connectivity index (χ0n) is 12.6. The number of anilines is 3. The van der Waals surface area contributed by atoms with Gasteiger partial charge in [0.1, 0.15) is 5.75 Å². The van der Waals surface area contributed by atoms with Crippen LogP contribution in [0.1, 0.15) is 0 Å². The first kappa shape index (κ1) is 15.9. The predicted octanol–water partition coefficient (Wildman–Crippen LogP) is 6.06. The highest BCUT2D eigenvalue weighted by atomic mass is 19.4. The topological polar surface area (TPSA) is 12.5 Å². The van der Waals surface area contributed by atoms with E-state index in [1.807, 2.05) is 65.6 Å². The zero-order chi connectivity index (χ0) is 17.0. The van der Waals surface area contributed by atoms with Crippen LogP contribution in [-0.4, -0.2) is 6.36 Å². The number of hydrogen-bond acceptors (Lipinski definition) is 2. The molecule has 5 heteroatoms. The minimum atomic E-state index is -4.72. The standard InChI is InChI=1S/C19H14F3NO/c20-19(21,22)24-18-13-7-12-17(14-18)23(15-8-3-1-4-9-15)16-10-5-2-6-11-16/h1-14H. The lowest BCUT2D eigenvalue weighted by molar-refractivity contribution is -0.274. The van der Waals surface area contributed by atoms with Crippen molar-refractivity contribution in [1.29, 1.82) is 0 Å². The first-order valence-electron chi connectivity index (χ1n) is 7.29. The third-order valence-corrected chi connectivity index (χ3v) is 3.34. The molecule has 0 aliphatic carbocycles. The summed E-state index contributed by atoms with van der Waals surface area (Å²) in [5.41, 5.74) is 2.26. The smallest absolute Gasteiger partial charge is 0.406 e. The fourth-order valence-electron chi connectivity index (χ4n) is 2.42. The molecule has 0 amide bonds. The van der Waals surface area contributed by atoms with Crippen molar-refractivity contribution >= 4 is 17.1 Å². The summed E-state index contributed by atoms with van der Waals surface area (Å²) in [5.74, 6) is -0.253. The molecule has 0 spiro atoms. The summed E-state index contributed by atoms with van der Waals surface area (Å²) in [4.78, 5) is 1.86. The Kier molecular flexibility index (Phi) is 4.42. The second kappa shape index (κ2) is 6.66. The third kappa shape index (κ3) is 3.87. The lowest BCUT2D eigenvalue weighted by Gasteiger charge is -2.25. The molecule has 0 unspecified atom stereocenters. The molecule has 2 nitrogen and oxygen atoms in total. The molecule has 3 aromatic rings. The van der Waals surface area contributed by atoms with Crippen molar-refractivity contribution in [3.05, 3.63) is 84.9 Å². The van der Waals surface area contributed by atoms with Crippen LogP contribution in [0.25, 0.3) is 0 Å². The van der Waals surface area contributed by atoms with Crippen LogP contribution < -0.4 is 9.64 Å². The molecular weight excluding hydrogens is 315 g/mol. The van der Waals surface area contributed by atoms with Gasteiger partial charge in [0.15, 0.2) is 0 Å². The first-order valence-corrected chi connectivity index (χ1v) is 7.29. The van der Waals surface area contributed by atoms with Crippen molar-refractivity contribution in [2.45, 2.75) is 6.36 Å².